The third-order valence-electron chi connectivity index (χ3n) is 6.90. The molecule has 1 atom stereocenters. The molecule has 196 valence electrons. The fourth-order valence-corrected chi connectivity index (χ4v) is 4.83. The molecule has 1 heteroatoms. The van der Waals surface area contributed by atoms with Crippen molar-refractivity contribution in [2.75, 3.05) is 20.6 Å². The SMILES string of the molecule is CCCCC/C=C/C/C=C/CCCCCCCCCC(CCCCCCCCC)CN(C)C. The molecule has 0 heterocycles. The monoisotopic (exact) mass is 461 g/mol. The smallest absolute Gasteiger partial charge is 0.000356 e. The van der Waals surface area contributed by atoms with Gasteiger partial charge in [0.05, 0.1) is 0 Å². The lowest BCUT2D eigenvalue weighted by Crippen LogP contribution is -2.21. The summed E-state index contributed by atoms with van der Waals surface area (Å²) in [6, 6.07) is 0. The van der Waals surface area contributed by atoms with Crippen LogP contribution < -0.4 is 0 Å². The van der Waals surface area contributed by atoms with E-state index < -0.39 is 0 Å². The van der Waals surface area contributed by atoms with E-state index in [1.54, 1.807) is 0 Å². The first-order chi connectivity index (χ1) is 16.2. The molecular weight excluding hydrogens is 398 g/mol. The Morgan fingerprint density at radius 1 is 0.485 bits per heavy atom. The number of rotatable bonds is 26. The number of unbranched alkanes of at least 4 members (excludes halogenated alkanes) is 16. The normalized spacial score (nSPS) is 13.1. The molecule has 0 aromatic heterocycles. The summed E-state index contributed by atoms with van der Waals surface area (Å²) >= 11 is 0. The van der Waals surface area contributed by atoms with E-state index in [4.69, 9.17) is 0 Å². The highest BCUT2D eigenvalue weighted by Gasteiger charge is 2.09. The third-order valence-corrected chi connectivity index (χ3v) is 6.90. The van der Waals surface area contributed by atoms with Crippen molar-refractivity contribution in [3.8, 4) is 0 Å². The molecule has 0 rings (SSSR count). The summed E-state index contributed by atoms with van der Waals surface area (Å²) in [5.41, 5.74) is 0. The number of nitrogens with zero attached hydrogens (tertiary/aromatic N) is 1. The average Bonchev–Trinajstić information content (AvgIpc) is 2.80. The van der Waals surface area contributed by atoms with Gasteiger partial charge in [-0.1, -0.05) is 134 Å². The highest BCUT2D eigenvalue weighted by molar-refractivity contribution is 4.92. The van der Waals surface area contributed by atoms with Crippen LogP contribution in [0.1, 0.15) is 155 Å². The molecule has 0 saturated heterocycles. The summed E-state index contributed by atoms with van der Waals surface area (Å²) in [7, 11) is 4.50. The van der Waals surface area contributed by atoms with Crippen LogP contribution in [-0.4, -0.2) is 25.5 Å². The lowest BCUT2D eigenvalue weighted by atomic mass is 9.93. The minimum atomic E-state index is 0.925. The Labute approximate surface area is 210 Å². The summed E-state index contributed by atoms with van der Waals surface area (Å²) in [6.07, 6.45) is 40.1. The summed E-state index contributed by atoms with van der Waals surface area (Å²) in [5.74, 6) is 0.925. The van der Waals surface area contributed by atoms with E-state index in [1.807, 2.05) is 0 Å². The quantitative estimate of drug-likeness (QED) is 0.0914. The van der Waals surface area contributed by atoms with Gasteiger partial charge < -0.3 is 4.90 Å². The predicted molar refractivity (Wildman–Crippen MR) is 153 cm³/mol. The molecule has 1 unspecified atom stereocenters. The van der Waals surface area contributed by atoms with Crippen molar-refractivity contribution in [3.05, 3.63) is 24.3 Å². The molecule has 0 aliphatic heterocycles. The number of allylic oxidation sites excluding steroid dienone is 4. The van der Waals surface area contributed by atoms with Crippen LogP contribution in [0.4, 0.5) is 0 Å². The van der Waals surface area contributed by atoms with E-state index in [0.717, 1.165) is 12.3 Å². The second-order valence-corrected chi connectivity index (χ2v) is 10.8. The standard InChI is InChI=1S/C32H63N/c1-5-7-9-11-13-14-15-16-17-18-19-20-21-22-24-26-28-30-32(31-33(3)4)29-27-25-23-12-10-8-6-2/h13-14,16-17,32H,5-12,15,18-31H2,1-4H3/b14-13+,17-16+. The molecule has 0 aliphatic rings. The molecule has 0 N–H and O–H groups in total. The molecular formula is C32H63N. The van der Waals surface area contributed by atoms with E-state index in [2.05, 4.69) is 57.1 Å². The highest BCUT2D eigenvalue weighted by atomic mass is 15.1. The first-order valence-corrected chi connectivity index (χ1v) is 15.1. The van der Waals surface area contributed by atoms with Crippen molar-refractivity contribution >= 4 is 0 Å². The molecule has 0 radical (unpaired) electrons. The molecule has 1 nitrogen and oxygen atoms in total. The van der Waals surface area contributed by atoms with Gasteiger partial charge in [0.1, 0.15) is 0 Å². The molecule has 0 fully saturated rings. The minimum Gasteiger partial charge on any atom is -0.309 e. The zero-order valence-electron chi connectivity index (χ0n) is 23.6. The van der Waals surface area contributed by atoms with Gasteiger partial charge in [-0.2, -0.15) is 0 Å². The fraction of sp³-hybridized carbons (Fsp3) is 0.875. The number of hydrogen-bond acceptors (Lipinski definition) is 1. The third kappa shape index (κ3) is 27.6. The second kappa shape index (κ2) is 27.7. The molecule has 0 aromatic rings. The zero-order valence-corrected chi connectivity index (χ0v) is 23.6. The second-order valence-electron chi connectivity index (χ2n) is 10.8. The maximum absolute atomic E-state index is 2.41. The molecule has 0 aliphatic carbocycles. The maximum Gasteiger partial charge on any atom is 0.000356 e. The Morgan fingerprint density at radius 2 is 0.879 bits per heavy atom. The van der Waals surface area contributed by atoms with Gasteiger partial charge in [0.15, 0.2) is 0 Å². The molecule has 0 saturated carbocycles. The van der Waals surface area contributed by atoms with Crippen molar-refractivity contribution in [2.45, 2.75) is 155 Å². The van der Waals surface area contributed by atoms with E-state index in [0.29, 0.717) is 0 Å². The van der Waals surface area contributed by atoms with Crippen LogP contribution in [0.25, 0.3) is 0 Å². The highest BCUT2D eigenvalue weighted by Crippen LogP contribution is 2.20. The van der Waals surface area contributed by atoms with Crippen LogP contribution in [0.15, 0.2) is 24.3 Å². The van der Waals surface area contributed by atoms with Crippen LogP contribution in [0.3, 0.4) is 0 Å². The summed E-state index contributed by atoms with van der Waals surface area (Å²) in [6.45, 7) is 5.87. The van der Waals surface area contributed by atoms with Crippen LogP contribution >= 0.6 is 0 Å². The van der Waals surface area contributed by atoms with Gasteiger partial charge in [-0.3, -0.25) is 0 Å². The Bertz CT molecular complexity index is 409. The van der Waals surface area contributed by atoms with Crippen LogP contribution in [-0.2, 0) is 0 Å². The minimum absolute atomic E-state index is 0.925. The van der Waals surface area contributed by atoms with Crippen LogP contribution in [0.2, 0.25) is 0 Å². The van der Waals surface area contributed by atoms with Gasteiger partial charge in [0.25, 0.3) is 0 Å². The summed E-state index contributed by atoms with van der Waals surface area (Å²) in [4.78, 5) is 2.41. The summed E-state index contributed by atoms with van der Waals surface area (Å²) < 4.78 is 0. The van der Waals surface area contributed by atoms with Gasteiger partial charge in [0.2, 0.25) is 0 Å². The fourth-order valence-electron chi connectivity index (χ4n) is 4.83. The lowest BCUT2D eigenvalue weighted by Gasteiger charge is -2.21. The lowest BCUT2D eigenvalue weighted by molar-refractivity contribution is 0.286. The maximum atomic E-state index is 2.41. The predicted octanol–water partition coefficient (Wildman–Crippen LogP) is 10.9. The van der Waals surface area contributed by atoms with Crippen LogP contribution in [0.5, 0.6) is 0 Å². The van der Waals surface area contributed by atoms with Crippen molar-refractivity contribution in [1.82, 2.24) is 4.90 Å². The van der Waals surface area contributed by atoms with Crippen molar-refractivity contribution in [2.24, 2.45) is 5.92 Å². The van der Waals surface area contributed by atoms with Gasteiger partial charge >= 0.3 is 0 Å². The van der Waals surface area contributed by atoms with Gasteiger partial charge in [0, 0.05) is 6.54 Å². The van der Waals surface area contributed by atoms with E-state index in [9.17, 15) is 0 Å². The molecule has 33 heavy (non-hydrogen) atoms. The Hall–Kier alpha value is -0.560. The largest absolute Gasteiger partial charge is 0.309 e. The topological polar surface area (TPSA) is 3.24 Å². The molecule has 0 amide bonds. The first-order valence-electron chi connectivity index (χ1n) is 15.1. The zero-order chi connectivity index (χ0) is 24.2. The average molecular weight is 462 g/mol. The van der Waals surface area contributed by atoms with E-state index in [-0.39, 0.29) is 0 Å². The molecule has 0 spiro atoms. The van der Waals surface area contributed by atoms with E-state index in [1.165, 1.54) is 141 Å². The molecule has 0 bridgehead atoms. The van der Waals surface area contributed by atoms with Crippen molar-refractivity contribution < 1.29 is 0 Å². The number of hydrogen-bond donors (Lipinski definition) is 0. The molecule has 0 aromatic carbocycles. The Balaban J connectivity index is 3.54. The summed E-state index contributed by atoms with van der Waals surface area (Å²) in [5, 5.41) is 0. The van der Waals surface area contributed by atoms with Crippen molar-refractivity contribution in [3.63, 3.8) is 0 Å². The van der Waals surface area contributed by atoms with E-state index >= 15 is 0 Å². The first kappa shape index (κ1) is 32.4. The van der Waals surface area contributed by atoms with Gasteiger partial charge in [-0.25, -0.2) is 0 Å². The van der Waals surface area contributed by atoms with Crippen molar-refractivity contribution in [1.29, 1.82) is 0 Å². The Kier molecular flexibility index (Phi) is 27.2. The van der Waals surface area contributed by atoms with Gasteiger partial charge in [-0.15, -0.1) is 0 Å². The Morgan fingerprint density at radius 3 is 1.36 bits per heavy atom. The van der Waals surface area contributed by atoms with Gasteiger partial charge in [-0.05, 0) is 65.0 Å². The van der Waals surface area contributed by atoms with Crippen LogP contribution in [0, 0.1) is 5.92 Å².